The van der Waals surface area contributed by atoms with Gasteiger partial charge in [-0.05, 0) is 12.1 Å². The number of nitrogens with two attached hydrogens (primary N) is 1. The van der Waals surface area contributed by atoms with Gasteiger partial charge in [0.15, 0.2) is 5.78 Å². The Morgan fingerprint density at radius 2 is 1.86 bits per heavy atom. The maximum atomic E-state index is 12.7. The quantitative estimate of drug-likeness (QED) is 0.543. The highest BCUT2D eigenvalue weighted by Crippen LogP contribution is 2.42. The summed E-state index contributed by atoms with van der Waals surface area (Å²) in [5, 5.41) is 1.61. The van der Waals surface area contributed by atoms with Crippen molar-refractivity contribution in [1.82, 2.24) is 4.98 Å². The van der Waals surface area contributed by atoms with E-state index in [-0.39, 0.29) is 5.78 Å². The molecule has 0 saturated carbocycles. The number of rotatable bonds is 1. The van der Waals surface area contributed by atoms with Crippen molar-refractivity contribution in [1.29, 1.82) is 0 Å². The predicted molar refractivity (Wildman–Crippen MR) is 81.6 cm³/mol. The number of methoxy groups -OCH3 is 1. The summed E-state index contributed by atoms with van der Waals surface area (Å²) in [6, 6.07) is 11.0. The predicted octanol–water partition coefficient (Wildman–Crippen LogP) is 3.04. The molecule has 4 rings (SSSR count). The number of carbonyl (C=O) groups is 1. The van der Waals surface area contributed by atoms with Crippen LogP contribution < -0.4 is 10.5 Å². The topological polar surface area (TPSA) is 65.2 Å². The minimum absolute atomic E-state index is 0.0191. The lowest BCUT2D eigenvalue weighted by Crippen LogP contribution is -2.12. The van der Waals surface area contributed by atoms with Gasteiger partial charge in [-0.3, -0.25) is 9.78 Å². The second kappa shape index (κ2) is 4.06. The van der Waals surface area contributed by atoms with Gasteiger partial charge in [-0.1, -0.05) is 24.3 Å². The first-order valence-corrected chi connectivity index (χ1v) is 6.61. The van der Waals surface area contributed by atoms with E-state index in [0.29, 0.717) is 22.6 Å². The average Bonchev–Trinajstić information content (AvgIpc) is 2.54. The Morgan fingerprint density at radius 3 is 2.62 bits per heavy atom. The van der Waals surface area contributed by atoms with Crippen LogP contribution in [-0.2, 0) is 0 Å². The molecule has 3 aromatic rings. The molecule has 1 aliphatic carbocycles. The fraction of sp³-hybridized carbons (Fsp3) is 0.0588. The molecule has 0 unspecified atom stereocenters. The lowest BCUT2D eigenvalue weighted by atomic mass is 9.85. The summed E-state index contributed by atoms with van der Waals surface area (Å²) in [6.07, 6.45) is 1.71. The molecule has 21 heavy (non-hydrogen) atoms. The second-order valence-electron chi connectivity index (χ2n) is 5.00. The number of ketones is 1. The number of ether oxygens (including phenoxy) is 1. The van der Waals surface area contributed by atoms with Gasteiger partial charge in [0, 0.05) is 33.7 Å². The summed E-state index contributed by atoms with van der Waals surface area (Å²) in [4.78, 5) is 17.2. The lowest BCUT2D eigenvalue weighted by molar-refractivity contribution is 0.104. The third-order valence-corrected chi connectivity index (χ3v) is 3.94. The van der Waals surface area contributed by atoms with Crippen molar-refractivity contribution in [2.75, 3.05) is 12.8 Å². The van der Waals surface area contributed by atoms with E-state index in [0.717, 1.165) is 22.0 Å². The molecular formula is C17H12N2O2. The molecular weight excluding hydrogens is 264 g/mol. The summed E-state index contributed by atoms with van der Waals surface area (Å²) in [5.74, 6) is 0.497. The maximum absolute atomic E-state index is 12.7. The Bertz CT molecular complexity index is 916. The van der Waals surface area contributed by atoms with Crippen LogP contribution in [0.25, 0.3) is 22.0 Å². The van der Waals surface area contributed by atoms with E-state index in [1.807, 2.05) is 30.3 Å². The molecule has 1 aromatic heterocycles. The van der Waals surface area contributed by atoms with Crippen molar-refractivity contribution >= 4 is 22.2 Å². The largest absolute Gasteiger partial charge is 0.495 e. The number of pyridine rings is 1. The molecule has 0 atom stereocenters. The monoisotopic (exact) mass is 276 g/mol. The van der Waals surface area contributed by atoms with E-state index in [4.69, 9.17) is 10.5 Å². The first-order chi connectivity index (χ1) is 10.2. The average molecular weight is 276 g/mol. The highest BCUT2D eigenvalue weighted by molar-refractivity contribution is 6.27. The number of hydrogen-bond donors (Lipinski definition) is 1. The number of fused-ring (bicyclic) bond motifs is 2. The molecule has 0 saturated heterocycles. The van der Waals surface area contributed by atoms with Crippen LogP contribution in [0.4, 0.5) is 5.69 Å². The van der Waals surface area contributed by atoms with Crippen LogP contribution in [0.1, 0.15) is 15.9 Å². The number of anilines is 1. The zero-order chi connectivity index (χ0) is 14.6. The molecule has 4 heteroatoms. The van der Waals surface area contributed by atoms with Gasteiger partial charge in [0.1, 0.15) is 5.75 Å². The fourth-order valence-corrected chi connectivity index (χ4v) is 2.96. The van der Waals surface area contributed by atoms with Gasteiger partial charge in [0.2, 0.25) is 0 Å². The van der Waals surface area contributed by atoms with Gasteiger partial charge in [-0.15, -0.1) is 0 Å². The standard InChI is InChI=1S/C17H12N2O2/c1-21-13-8-12-14-11(15(13)18)6-7-19-16(14)9-4-2-3-5-10(9)17(12)20/h2-8H,18H2,1H3. The van der Waals surface area contributed by atoms with E-state index in [1.54, 1.807) is 19.4 Å². The second-order valence-corrected chi connectivity index (χ2v) is 5.00. The number of benzene rings is 2. The molecule has 2 aromatic carbocycles. The van der Waals surface area contributed by atoms with Crippen LogP contribution >= 0.6 is 0 Å². The maximum Gasteiger partial charge on any atom is 0.194 e. The smallest absolute Gasteiger partial charge is 0.194 e. The zero-order valence-corrected chi connectivity index (χ0v) is 11.4. The molecule has 4 nitrogen and oxygen atoms in total. The van der Waals surface area contributed by atoms with E-state index in [1.165, 1.54) is 0 Å². The Kier molecular flexibility index (Phi) is 2.30. The van der Waals surface area contributed by atoms with Gasteiger partial charge in [-0.2, -0.15) is 0 Å². The van der Waals surface area contributed by atoms with E-state index in [2.05, 4.69) is 4.98 Å². The molecule has 0 radical (unpaired) electrons. The normalized spacial score (nSPS) is 12.3. The summed E-state index contributed by atoms with van der Waals surface area (Å²) >= 11 is 0. The van der Waals surface area contributed by atoms with Crippen LogP contribution in [-0.4, -0.2) is 17.9 Å². The number of nitrogens with zero attached hydrogens (tertiary/aromatic N) is 1. The van der Waals surface area contributed by atoms with Crippen molar-refractivity contribution in [2.45, 2.75) is 0 Å². The molecule has 102 valence electrons. The van der Waals surface area contributed by atoms with Gasteiger partial charge in [0.05, 0.1) is 18.5 Å². The van der Waals surface area contributed by atoms with E-state index < -0.39 is 0 Å². The van der Waals surface area contributed by atoms with Crippen molar-refractivity contribution in [3.05, 3.63) is 53.7 Å². The molecule has 0 bridgehead atoms. The van der Waals surface area contributed by atoms with Crippen molar-refractivity contribution in [2.24, 2.45) is 0 Å². The summed E-state index contributed by atoms with van der Waals surface area (Å²) in [7, 11) is 1.55. The Morgan fingerprint density at radius 1 is 1.10 bits per heavy atom. The third kappa shape index (κ3) is 1.44. The Balaban J connectivity index is 2.24. The molecule has 2 N–H and O–H groups in total. The van der Waals surface area contributed by atoms with Gasteiger partial charge in [0.25, 0.3) is 0 Å². The van der Waals surface area contributed by atoms with Crippen LogP contribution in [0.3, 0.4) is 0 Å². The number of carbonyl (C=O) groups excluding carboxylic acids is 1. The number of aromatic nitrogens is 1. The minimum Gasteiger partial charge on any atom is -0.495 e. The Hall–Kier alpha value is -2.88. The van der Waals surface area contributed by atoms with Gasteiger partial charge in [-0.25, -0.2) is 0 Å². The third-order valence-electron chi connectivity index (χ3n) is 3.94. The highest BCUT2D eigenvalue weighted by atomic mass is 16.5. The van der Waals surface area contributed by atoms with Crippen LogP contribution in [0.5, 0.6) is 5.75 Å². The van der Waals surface area contributed by atoms with Crippen LogP contribution in [0.15, 0.2) is 42.6 Å². The molecule has 1 aliphatic rings. The first-order valence-electron chi connectivity index (χ1n) is 6.61. The summed E-state index contributed by atoms with van der Waals surface area (Å²) in [5.41, 5.74) is 9.59. The number of hydrogen-bond acceptors (Lipinski definition) is 4. The minimum atomic E-state index is -0.0191. The highest BCUT2D eigenvalue weighted by Gasteiger charge is 2.27. The Labute approximate surface area is 121 Å². The molecule has 0 spiro atoms. The molecule has 0 amide bonds. The van der Waals surface area contributed by atoms with E-state index in [9.17, 15) is 4.79 Å². The molecule has 0 aliphatic heterocycles. The van der Waals surface area contributed by atoms with Crippen LogP contribution in [0, 0.1) is 0 Å². The molecule has 1 heterocycles. The summed E-state index contributed by atoms with van der Waals surface area (Å²) < 4.78 is 5.30. The van der Waals surface area contributed by atoms with Gasteiger partial charge >= 0.3 is 0 Å². The molecule has 0 fully saturated rings. The van der Waals surface area contributed by atoms with E-state index >= 15 is 0 Å². The fourth-order valence-electron chi connectivity index (χ4n) is 2.96. The van der Waals surface area contributed by atoms with Crippen molar-refractivity contribution < 1.29 is 9.53 Å². The number of nitrogen functional groups attached to an aromatic ring is 1. The first kappa shape index (κ1) is 11.9. The lowest BCUT2D eigenvalue weighted by Gasteiger charge is -2.20. The van der Waals surface area contributed by atoms with Crippen molar-refractivity contribution in [3.8, 4) is 17.0 Å². The van der Waals surface area contributed by atoms with Crippen molar-refractivity contribution in [3.63, 3.8) is 0 Å². The SMILES string of the molecule is COc1cc2c3c(nccc3c1N)-c1ccccc1C2=O. The van der Waals surface area contributed by atoms with Gasteiger partial charge < -0.3 is 10.5 Å². The van der Waals surface area contributed by atoms with Crippen LogP contribution in [0.2, 0.25) is 0 Å². The zero-order valence-electron chi connectivity index (χ0n) is 11.4. The summed E-state index contributed by atoms with van der Waals surface area (Å²) in [6.45, 7) is 0.